The van der Waals surface area contributed by atoms with Crippen LogP contribution in [0.3, 0.4) is 0 Å². The van der Waals surface area contributed by atoms with E-state index in [0.717, 1.165) is 19.3 Å². The number of rotatable bonds is 1. The first-order chi connectivity index (χ1) is 10.4. The highest BCUT2D eigenvalue weighted by atomic mass is 17.3. The molecule has 22 heavy (non-hydrogen) atoms. The van der Waals surface area contributed by atoms with Crippen LogP contribution in [0.25, 0.3) is 0 Å². The molecule has 8 atom stereocenters. The van der Waals surface area contributed by atoms with Gasteiger partial charge in [-0.3, -0.25) is 0 Å². The van der Waals surface area contributed by atoms with E-state index in [1.165, 1.54) is 6.42 Å². The van der Waals surface area contributed by atoms with Gasteiger partial charge in [-0.05, 0) is 38.0 Å². The van der Waals surface area contributed by atoms with Gasteiger partial charge in [0.25, 0.3) is 0 Å². The first kappa shape index (κ1) is 15.3. The molecule has 1 saturated carbocycles. The normalized spacial score (nSPS) is 60.7. The lowest BCUT2D eigenvalue weighted by Crippen LogP contribution is -2.74. The zero-order chi connectivity index (χ0) is 15.8. The maximum absolute atomic E-state index is 6.27. The molecule has 4 saturated heterocycles. The van der Waals surface area contributed by atoms with Crippen molar-refractivity contribution in [1.82, 2.24) is 0 Å². The molecule has 5 nitrogen and oxygen atoms in total. The van der Waals surface area contributed by atoms with Gasteiger partial charge in [-0.2, -0.15) is 0 Å². The third-order valence-electron chi connectivity index (χ3n) is 7.12. The van der Waals surface area contributed by atoms with Crippen LogP contribution < -0.4 is 0 Å². The Balaban J connectivity index is 1.86. The van der Waals surface area contributed by atoms with Gasteiger partial charge in [0.1, 0.15) is 0 Å². The molecule has 1 aliphatic carbocycles. The lowest BCUT2D eigenvalue weighted by atomic mass is 9.50. The third-order valence-corrected chi connectivity index (χ3v) is 7.12. The molecule has 0 aromatic heterocycles. The SMILES string of the molecule is CO[C@H]1O[C@@H]2O[C@@]3(C)CC[C@H]4[C@H](C)CC[C@@](C)([C@H]1C)[C@@]24OO3. The lowest BCUT2D eigenvalue weighted by Gasteiger charge is -2.65. The average molecular weight is 312 g/mol. The quantitative estimate of drug-likeness (QED) is 0.696. The van der Waals surface area contributed by atoms with E-state index in [0.29, 0.717) is 11.8 Å². The summed E-state index contributed by atoms with van der Waals surface area (Å²) in [6.45, 7) is 8.78. The van der Waals surface area contributed by atoms with Crippen molar-refractivity contribution < 1.29 is 24.0 Å². The number of ether oxygens (including phenoxy) is 3. The van der Waals surface area contributed by atoms with Gasteiger partial charge < -0.3 is 14.2 Å². The van der Waals surface area contributed by atoms with Gasteiger partial charge in [0, 0.05) is 24.9 Å². The highest BCUT2D eigenvalue weighted by Gasteiger charge is 2.74. The zero-order valence-electron chi connectivity index (χ0n) is 14.3. The van der Waals surface area contributed by atoms with E-state index in [4.69, 9.17) is 24.0 Å². The van der Waals surface area contributed by atoms with Gasteiger partial charge in [0.15, 0.2) is 18.2 Å². The Kier molecular flexibility index (Phi) is 3.25. The molecule has 1 spiro atoms. The molecule has 5 heteroatoms. The molecule has 0 radical (unpaired) electrons. The van der Waals surface area contributed by atoms with Crippen LogP contribution in [-0.2, 0) is 24.0 Å². The Hall–Kier alpha value is -0.200. The van der Waals surface area contributed by atoms with E-state index < -0.39 is 17.7 Å². The van der Waals surface area contributed by atoms with Crippen LogP contribution >= 0.6 is 0 Å². The summed E-state index contributed by atoms with van der Waals surface area (Å²) < 4.78 is 18.1. The molecule has 0 aromatic carbocycles. The van der Waals surface area contributed by atoms with Crippen LogP contribution in [0.4, 0.5) is 0 Å². The van der Waals surface area contributed by atoms with E-state index >= 15 is 0 Å². The van der Waals surface area contributed by atoms with Crippen LogP contribution in [0.15, 0.2) is 0 Å². The molecule has 4 aliphatic heterocycles. The average Bonchev–Trinajstić information content (AvgIpc) is 2.73. The monoisotopic (exact) mass is 312 g/mol. The van der Waals surface area contributed by atoms with Crippen molar-refractivity contribution in [2.24, 2.45) is 23.2 Å². The summed E-state index contributed by atoms with van der Waals surface area (Å²) in [6, 6.07) is 0. The van der Waals surface area contributed by atoms with Crippen LogP contribution in [-0.4, -0.2) is 31.1 Å². The molecule has 0 N–H and O–H groups in total. The van der Waals surface area contributed by atoms with Crippen LogP contribution in [0, 0.1) is 23.2 Å². The second-order valence-electron chi connectivity index (χ2n) is 8.15. The second-order valence-corrected chi connectivity index (χ2v) is 8.15. The zero-order valence-corrected chi connectivity index (χ0v) is 14.3. The highest BCUT2D eigenvalue weighted by Crippen LogP contribution is 2.66. The fraction of sp³-hybridized carbons (Fsp3) is 1.00. The Bertz CT molecular complexity index is 470. The van der Waals surface area contributed by atoms with Crippen molar-refractivity contribution in [3.05, 3.63) is 0 Å². The number of methoxy groups -OCH3 is 1. The summed E-state index contributed by atoms with van der Waals surface area (Å²) >= 11 is 0. The number of fused-ring (bicyclic) bond motifs is 2. The topological polar surface area (TPSA) is 46.2 Å². The van der Waals surface area contributed by atoms with Gasteiger partial charge in [-0.25, -0.2) is 9.78 Å². The van der Waals surface area contributed by atoms with Gasteiger partial charge >= 0.3 is 0 Å². The molecular formula is C17H28O5. The first-order valence-electron chi connectivity index (χ1n) is 8.59. The van der Waals surface area contributed by atoms with E-state index in [2.05, 4.69) is 20.8 Å². The maximum Gasteiger partial charge on any atom is 0.201 e. The molecule has 2 bridgehead atoms. The highest BCUT2D eigenvalue weighted by molar-refractivity contribution is 5.14. The molecule has 5 aliphatic rings. The second kappa shape index (κ2) is 4.67. The largest absolute Gasteiger partial charge is 0.355 e. The summed E-state index contributed by atoms with van der Waals surface area (Å²) in [4.78, 5) is 12.0. The van der Waals surface area contributed by atoms with Gasteiger partial charge in [-0.15, -0.1) is 0 Å². The molecule has 5 fully saturated rings. The van der Waals surface area contributed by atoms with Crippen LogP contribution in [0.1, 0.15) is 53.4 Å². The maximum atomic E-state index is 6.27. The third kappa shape index (κ3) is 1.67. The Morgan fingerprint density at radius 2 is 1.82 bits per heavy atom. The van der Waals surface area contributed by atoms with Crippen molar-refractivity contribution in [3.8, 4) is 0 Å². The predicted molar refractivity (Wildman–Crippen MR) is 78.5 cm³/mol. The minimum Gasteiger partial charge on any atom is -0.355 e. The molecule has 0 amide bonds. The van der Waals surface area contributed by atoms with Gasteiger partial charge in [0.05, 0.1) is 0 Å². The van der Waals surface area contributed by atoms with Gasteiger partial charge in [0.2, 0.25) is 5.79 Å². The fourth-order valence-electron chi connectivity index (χ4n) is 5.43. The van der Waals surface area contributed by atoms with E-state index in [9.17, 15) is 0 Å². The van der Waals surface area contributed by atoms with Crippen molar-refractivity contribution >= 4 is 0 Å². The number of hydrogen-bond acceptors (Lipinski definition) is 5. The van der Waals surface area contributed by atoms with Crippen molar-refractivity contribution in [3.63, 3.8) is 0 Å². The number of hydrogen-bond donors (Lipinski definition) is 0. The summed E-state index contributed by atoms with van der Waals surface area (Å²) in [7, 11) is 1.71. The Labute approximate surface area is 132 Å². The lowest BCUT2D eigenvalue weighted by molar-refractivity contribution is -0.587. The summed E-state index contributed by atoms with van der Waals surface area (Å²) in [5, 5.41) is 0. The van der Waals surface area contributed by atoms with E-state index in [1.807, 2.05) is 6.92 Å². The summed E-state index contributed by atoms with van der Waals surface area (Å²) in [5.74, 6) is 0.476. The van der Waals surface area contributed by atoms with E-state index in [-0.39, 0.29) is 17.6 Å². The minimum atomic E-state index is -0.716. The molecule has 0 unspecified atom stereocenters. The van der Waals surface area contributed by atoms with Crippen molar-refractivity contribution in [2.45, 2.75) is 77.3 Å². The fourth-order valence-corrected chi connectivity index (χ4v) is 5.43. The van der Waals surface area contributed by atoms with Crippen LogP contribution in [0.2, 0.25) is 0 Å². The summed E-state index contributed by atoms with van der Waals surface area (Å²) in [5.41, 5.74) is -0.617. The van der Waals surface area contributed by atoms with Crippen molar-refractivity contribution in [1.29, 1.82) is 0 Å². The molecule has 0 aromatic rings. The Morgan fingerprint density at radius 3 is 2.55 bits per heavy atom. The van der Waals surface area contributed by atoms with Gasteiger partial charge in [-0.1, -0.05) is 20.8 Å². The van der Waals surface area contributed by atoms with E-state index in [1.54, 1.807) is 7.11 Å². The predicted octanol–water partition coefficient (Wildman–Crippen LogP) is 3.23. The smallest absolute Gasteiger partial charge is 0.201 e. The summed E-state index contributed by atoms with van der Waals surface area (Å²) in [6.07, 6.45) is 3.49. The molecular weight excluding hydrogens is 284 g/mol. The minimum absolute atomic E-state index is 0.0839. The van der Waals surface area contributed by atoms with Crippen LogP contribution in [0.5, 0.6) is 0 Å². The molecule has 4 heterocycles. The molecule has 126 valence electrons. The molecule has 5 rings (SSSR count). The first-order valence-corrected chi connectivity index (χ1v) is 8.59. The Morgan fingerprint density at radius 1 is 1.05 bits per heavy atom. The van der Waals surface area contributed by atoms with Crippen molar-refractivity contribution in [2.75, 3.05) is 7.11 Å². The standard InChI is InChI=1S/C17H28O5/c1-10-6-8-15(3)11(2)13(18-5)19-14-17(15)12(10)7-9-16(4,20-14)21-22-17/h10-14H,6-9H2,1-5H3/t10-,11+,12+,13+,14-,15+,16-,17+/m1/s1.